The molecule has 3 aromatic rings. The van der Waals surface area contributed by atoms with Gasteiger partial charge in [-0.15, -0.1) is 0 Å². The van der Waals surface area contributed by atoms with E-state index in [1.165, 1.54) is 0 Å². The van der Waals surface area contributed by atoms with Gasteiger partial charge >= 0.3 is 6.09 Å². The van der Waals surface area contributed by atoms with E-state index in [2.05, 4.69) is 9.30 Å². The van der Waals surface area contributed by atoms with Gasteiger partial charge in [-0.05, 0) is 49.9 Å². The molecule has 0 N–H and O–H groups in total. The number of fused-ring (bicyclic) bond motifs is 3. The number of piperazine rings is 1. The summed E-state index contributed by atoms with van der Waals surface area (Å²) < 4.78 is 7.97. The maximum atomic E-state index is 13.1. The Morgan fingerprint density at radius 3 is 2.46 bits per heavy atom. The zero-order valence-corrected chi connectivity index (χ0v) is 20.4. The average Bonchev–Trinajstić information content (AvgIpc) is 3.47. The Kier molecular flexibility index (Phi) is 5.98. The van der Waals surface area contributed by atoms with Gasteiger partial charge < -0.3 is 9.14 Å². The Hall–Kier alpha value is -2.90. The molecular weight excluding hydrogens is 464 g/mol. The maximum Gasteiger partial charge on any atom is 0.410 e. The second kappa shape index (κ2) is 9.28. The zero-order valence-electron chi connectivity index (χ0n) is 19.6. The van der Waals surface area contributed by atoms with Crippen molar-refractivity contribution >= 4 is 29.1 Å². The van der Waals surface area contributed by atoms with E-state index in [4.69, 9.17) is 21.3 Å². The number of likely N-dealkylation sites (tertiary alicyclic amines) is 1. The van der Waals surface area contributed by atoms with E-state index >= 15 is 0 Å². The molecule has 35 heavy (non-hydrogen) atoms. The molecule has 6 rings (SSSR count). The molecular formula is C27H29ClN4O3. The fourth-order valence-electron chi connectivity index (χ4n) is 5.96. The normalized spacial score (nSPS) is 23.2. The number of hydrogen-bond donors (Lipinski definition) is 0. The van der Waals surface area contributed by atoms with Gasteiger partial charge in [0.15, 0.2) is 0 Å². The number of hydrogen-bond acceptors (Lipinski definition) is 5. The molecule has 4 heterocycles. The molecule has 2 atom stereocenters. The number of rotatable bonds is 4. The van der Waals surface area contributed by atoms with Crippen molar-refractivity contribution in [2.45, 2.75) is 63.3 Å². The highest BCUT2D eigenvalue weighted by atomic mass is 35.5. The van der Waals surface area contributed by atoms with E-state index in [9.17, 15) is 9.59 Å². The van der Waals surface area contributed by atoms with Crippen LogP contribution in [0.15, 0.2) is 48.7 Å². The van der Waals surface area contributed by atoms with Crippen molar-refractivity contribution in [2.75, 3.05) is 13.1 Å². The number of ketones is 1. The number of halogens is 1. The summed E-state index contributed by atoms with van der Waals surface area (Å²) in [6.07, 6.45) is 6.74. The molecule has 8 heteroatoms. The number of Topliss-reactive ketones (excluding diaryl/α,β-unsaturated/α-hetero) is 1. The monoisotopic (exact) mass is 492 g/mol. The second-order valence-electron chi connectivity index (χ2n) is 9.99. The number of amides is 1. The molecule has 182 valence electrons. The molecule has 1 aromatic carbocycles. The van der Waals surface area contributed by atoms with E-state index in [0.29, 0.717) is 37.5 Å². The van der Waals surface area contributed by atoms with Crippen LogP contribution >= 0.6 is 11.6 Å². The molecule has 2 aromatic heterocycles. The van der Waals surface area contributed by atoms with Crippen LogP contribution in [0.25, 0.3) is 16.9 Å². The number of pyridine rings is 1. The van der Waals surface area contributed by atoms with E-state index in [-0.39, 0.29) is 30.1 Å². The van der Waals surface area contributed by atoms with Crippen LogP contribution in [0.4, 0.5) is 4.79 Å². The standard InChI is InChI=1S/C27H29ClN4O3/c28-19-10-8-18(9-11-19)26-24(31-12-4-3-7-25(31)29-26)17-30-15-20-13-22(33)14-21(16-30)32(20)27(34)35-23-5-1-2-6-23/h3-4,7-12,20-21,23H,1-2,5-6,13-17H2. The molecule has 1 aliphatic carbocycles. The van der Waals surface area contributed by atoms with Crippen LogP contribution in [0.3, 0.4) is 0 Å². The van der Waals surface area contributed by atoms with Crippen LogP contribution in [-0.4, -0.2) is 62.3 Å². The fourth-order valence-corrected chi connectivity index (χ4v) is 6.09. The van der Waals surface area contributed by atoms with Crippen LogP contribution < -0.4 is 0 Å². The Labute approximate surface area is 209 Å². The zero-order chi connectivity index (χ0) is 23.9. The Bertz CT molecular complexity index is 1230. The summed E-state index contributed by atoms with van der Waals surface area (Å²) in [6, 6.07) is 13.5. The van der Waals surface area contributed by atoms with Gasteiger partial charge in [0.25, 0.3) is 0 Å². The quantitative estimate of drug-likeness (QED) is 0.515. The first kappa shape index (κ1) is 22.6. The molecule has 0 spiro atoms. The summed E-state index contributed by atoms with van der Waals surface area (Å²) in [5, 5.41) is 0.692. The number of aromatic nitrogens is 2. The van der Waals surface area contributed by atoms with Gasteiger partial charge in [-0.1, -0.05) is 29.8 Å². The molecule has 2 aliphatic heterocycles. The third-order valence-electron chi connectivity index (χ3n) is 7.55. The Balaban J connectivity index is 1.26. The summed E-state index contributed by atoms with van der Waals surface area (Å²) in [4.78, 5) is 34.7. The molecule has 3 fully saturated rings. The van der Waals surface area contributed by atoms with E-state index < -0.39 is 0 Å². The number of carbonyl (C=O) groups is 2. The Morgan fingerprint density at radius 1 is 1.03 bits per heavy atom. The lowest BCUT2D eigenvalue weighted by Gasteiger charge is -2.48. The summed E-state index contributed by atoms with van der Waals surface area (Å²) >= 11 is 6.13. The van der Waals surface area contributed by atoms with E-state index in [0.717, 1.165) is 48.3 Å². The molecule has 1 amide bonds. The highest BCUT2D eigenvalue weighted by Gasteiger charge is 2.44. The van der Waals surface area contributed by atoms with Crippen molar-refractivity contribution in [1.29, 1.82) is 0 Å². The van der Waals surface area contributed by atoms with Crippen molar-refractivity contribution in [3.63, 3.8) is 0 Å². The predicted molar refractivity (Wildman–Crippen MR) is 133 cm³/mol. The minimum absolute atomic E-state index is 0.0250. The minimum Gasteiger partial charge on any atom is -0.446 e. The SMILES string of the molecule is O=C1CC2CN(Cc3c(-c4ccc(Cl)cc4)nc4ccccn34)CC(C1)N2C(=O)OC1CCCC1. The third-order valence-corrected chi connectivity index (χ3v) is 7.80. The van der Waals surface area contributed by atoms with Gasteiger partial charge in [-0.3, -0.25) is 14.6 Å². The van der Waals surface area contributed by atoms with E-state index in [1.807, 2.05) is 53.6 Å². The number of ether oxygens (including phenoxy) is 1. The van der Waals surface area contributed by atoms with Crippen LogP contribution in [-0.2, 0) is 16.1 Å². The molecule has 0 radical (unpaired) electrons. The number of benzene rings is 1. The smallest absolute Gasteiger partial charge is 0.410 e. The second-order valence-corrected chi connectivity index (χ2v) is 10.4. The maximum absolute atomic E-state index is 13.1. The van der Waals surface area contributed by atoms with Gasteiger partial charge in [-0.2, -0.15) is 0 Å². The van der Waals surface area contributed by atoms with Crippen LogP contribution in [0, 0.1) is 0 Å². The molecule has 2 unspecified atom stereocenters. The lowest BCUT2D eigenvalue weighted by molar-refractivity contribution is -0.128. The van der Waals surface area contributed by atoms with Crippen molar-refractivity contribution in [1.82, 2.24) is 19.2 Å². The van der Waals surface area contributed by atoms with Crippen LogP contribution in [0.1, 0.15) is 44.2 Å². The lowest BCUT2D eigenvalue weighted by atomic mass is 9.90. The molecule has 2 saturated heterocycles. The van der Waals surface area contributed by atoms with Crippen molar-refractivity contribution in [3.8, 4) is 11.3 Å². The van der Waals surface area contributed by atoms with Gasteiger partial charge in [0, 0.05) is 49.3 Å². The van der Waals surface area contributed by atoms with Gasteiger partial charge in [0.1, 0.15) is 17.5 Å². The summed E-state index contributed by atoms with van der Waals surface area (Å²) in [5.74, 6) is 0.237. The van der Waals surface area contributed by atoms with Crippen LogP contribution in [0.2, 0.25) is 5.02 Å². The predicted octanol–water partition coefficient (Wildman–Crippen LogP) is 4.95. The fraction of sp³-hybridized carbons (Fsp3) is 0.444. The topological polar surface area (TPSA) is 67.2 Å². The first-order valence-electron chi connectivity index (χ1n) is 12.5. The Morgan fingerprint density at radius 2 is 1.74 bits per heavy atom. The summed E-state index contributed by atoms with van der Waals surface area (Å²) in [7, 11) is 0. The van der Waals surface area contributed by atoms with E-state index in [1.54, 1.807) is 0 Å². The third kappa shape index (κ3) is 4.43. The van der Waals surface area contributed by atoms with Crippen molar-refractivity contribution < 1.29 is 14.3 Å². The highest BCUT2D eigenvalue weighted by Crippen LogP contribution is 2.32. The first-order chi connectivity index (χ1) is 17.0. The summed E-state index contributed by atoms with van der Waals surface area (Å²) in [6.45, 7) is 1.96. The number of nitrogens with zero attached hydrogens (tertiary/aromatic N) is 4. The molecule has 1 saturated carbocycles. The highest BCUT2D eigenvalue weighted by molar-refractivity contribution is 6.30. The minimum atomic E-state index is -0.240. The van der Waals surface area contributed by atoms with Gasteiger partial charge in [-0.25, -0.2) is 9.78 Å². The average molecular weight is 493 g/mol. The van der Waals surface area contributed by atoms with Crippen molar-refractivity contribution in [2.24, 2.45) is 0 Å². The lowest BCUT2D eigenvalue weighted by Crippen LogP contribution is -2.64. The number of imidazole rings is 1. The largest absolute Gasteiger partial charge is 0.446 e. The molecule has 3 aliphatic rings. The first-order valence-corrected chi connectivity index (χ1v) is 12.9. The number of piperidine rings is 1. The van der Waals surface area contributed by atoms with Gasteiger partial charge in [0.05, 0.1) is 23.5 Å². The summed E-state index contributed by atoms with van der Waals surface area (Å²) in [5.41, 5.74) is 3.93. The van der Waals surface area contributed by atoms with Crippen molar-refractivity contribution in [3.05, 3.63) is 59.4 Å². The van der Waals surface area contributed by atoms with Crippen LogP contribution in [0.5, 0.6) is 0 Å². The van der Waals surface area contributed by atoms with Gasteiger partial charge in [0.2, 0.25) is 0 Å². The molecule has 7 nitrogen and oxygen atoms in total. The molecule has 2 bridgehead atoms. The number of carbonyl (C=O) groups excluding carboxylic acids is 2.